The number of aryl methyl sites for hydroxylation is 1. The number of halogens is 2. The molecule has 130 valence electrons. The second-order valence-electron chi connectivity index (χ2n) is 4.85. The van der Waals surface area contributed by atoms with E-state index in [9.17, 15) is 8.78 Å². The van der Waals surface area contributed by atoms with Crippen LogP contribution in [0.3, 0.4) is 0 Å². The number of rotatable bonds is 7. The predicted molar refractivity (Wildman–Crippen MR) is 85.7 cm³/mol. The number of ether oxygens (including phenoxy) is 1. The lowest BCUT2D eigenvalue weighted by Gasteiger charge is -2.12. The van der Waals surface area contributed by atoms with Gasteiger partial charge in [-0.2, -0.15) is 5.10 Å². The number of nitrogens with zero attached hydrogens (tertiary/aromatic N) is 4. The van der Waals surface area contributed by atoms with Crippen LogP contribution >= 0.6 is 0 Å². The minimum Gasteiger partial charge on any atom is -0.489 e. The predicted octanol–water partition coefficient (Wildman–Crippen LogP) is 1.23. The van der Waals surface area contributed by atoms with Crippen molar-refractivity contribution in [3.05, 3.63) is 42.0 Å². The number of hydrogen-bond donors (Lipinski definition) is 2. The zero-order valence-electron chi connectivity index (χ0n) is 13.6. The molecule has 0 atom stereocenters. The SMILES string of the molecule is CCNC(=NCc1ncnn1C)NCCOc1ccc(F)cc1F. The van der Waals surface area contributed by atoms with E-state index >= 15 is 0 Å². The molecule has 0 saturated heterocycles. The van der Waals surface area contributed by atoms with Crippen LogP contribution in [0.4, 0.5) is 8.78 Å². The number of hydrogen-bond acceptors (Lipinski definition) is 4. The Morgan fingerprint density at radius 2 is 2.17 bits per heavy atom. The van der Waals surface area contributed by atoms with Gasteiger partial charge >= 0.3 is 0 Å². The van der Waals surface area contributed by atoms with E-state index in [-0.39, 0.29) is 12.4 Å². The maximum absolute atomic E-state index is 13.4. The van der Waals surface area contributed by atoms with Gasteiger partial charge in [0.2, 0.25) is 0 Å². The van der Waals surface area contributed by atoms with Crippen molar-refractivity contribution in [1.29, 1.82) is 0 Å². The van der Waals surface area contributed by atoms with Crippen molar-refractivity contribution in [3.8, 4) is 5.75 Å². The van der Waals surface area contributed by atoms with Gasteiger partial charge in [-0.15, -0.1) is 0 Å². The molecule has 2 aromatic rings. The van der Waals surface area contributed by atoms with Gasteiger partial charge in [0.05, 0.1) is 6.54 Å². The summed E-state index contributed by atoms with van der Waals surface area (Å²) in [4.78, 5) is 8.48. The maximum Gasteiger partial charge on any atom is 0.191 e. The first-order valence-electron chi connectivity index (χ1n) is 7.53. The zero-order chi connectivity index (χ0) is 17.4. The average molecular weight is 338 g/mol. The molecular formula is C15H20F2N6O. The molecule has 1 aromatic heterocycles. The number of aromatic nitrogens is 3. The highest BCUT2D eigenvalue weighted by molar-refractivity contribution is 5.79. The fourth-order valence-corrected chi connectivity index (χ4v) is 1.88. The molecule has 0 bridgehead atoms. The van der Waals surface area contributed by atoms with Crippen molar-refractivity contribution < 1.29 is 13.5 Å². The van der Waals surface area contributed by atoms with Gasteiger partial charge in [-0.25, -0.2) is 18.8 Å². The minimum atomic E-state index is -0.724. The molecular weight excluding hydrogens is 318 g/mol. The summed E-state index contributed by atoms with van der Waals surface area (Å²) in [7, 11) is 1.79. The molecule has 0 fully saturated rings. The fraction of sp³-hybridized carbons (Fsp3) is 0.400. The van der Waals surface area contributed by atoms with Gasteiger partial charge in [0.25, 0.3) is 0 Å². The number of aliphatic imine (C=N–C) groups is 1. The van der Waals surface area contributed by atoms with Gasteiger partial charge in [0, 0.05) is 19.7 Å². The molecule has 2 rings (SSSR count). The molecule has 0 saturated carbocycles. The Morgan fingerprint density at radius 1 is 1.33 bits per heavy atom. The topological polar surface area (TPSA) is 76.4 Å². The van der Waals surface area contributed by atoms with Crippen LogP contribution in [0.1, 0.15) is 12.7 Å². The van der Waals surface area contributed by atoms with E-state index in [0.29, 0.717) is 25.6 Å². The van der Waals surface area contributed by atoms with Crippen molar-refractivity contribution in [1.82, 2.24) is 25.4 Å². The number of guanidine groups is 1. The maximum atomic E-state index is 13.4. The van der Waals surface area contributed by atoms with Gasteiger partial charge in [-0.05, 0) is 19.1 Å². The van der Waals surface area contributed by atoms with E-state index in [1.165, 1.54) is 12.4 Å². The van der Waals surface area contributed by atoms with Crippen LogP contribution in [0.5, 0.6) is 5.75 Å². The molecule has 0 aliphatic carbocycles. The molecule has 2 N–H and O–H groups in total. The lowest BCUT2D eigenvalue weighted by molar-refractivity contribution is 0.304. The molecule has 0 aliphatic heterocycles. The second-order valence-corrected chi connectivity index (χ2v) is 4.85. The summed E-state index contributed by atoms with van der Waals surface area (Å²) >= 11 is 0. The second kappa shape index (κ2) is 8.80. The molecule has 9 heteroatoms. The summed E-state index contributed by atoms with van der Waals surface area (Å²) in [5.74, 6) is -0.0269. The van der Waals surface area contributed by atoms with Gasteiger partial charge in [-0.1, -0.05) is 0 Å². The lowest BCUT2D eigenvalue weighted by Crippen LogP contribution is -2.39. The van der Waals surface area contributed by atoms with Crippen molar-refractivity contribution in [2.75, 3.05) is 19.7 Å². The Bertz CT molecular complexity index is 688. The Hall–Kier alpha value is -2.71. The van der Waals surface area contributed by atoms with Crippen molar-refractivity contribution in [2.45, 2.75) is 13.5 Å². The van der Waals surface area contributed by atoms with E-state index in [1.807, 2.05) is 6.92 Å². The third kappa shape index (κ3) is 5.18. The largest absolute Gasteiger partial charge is 0.489 e. The minimum absolute atomic E-state index is 0.0132. The van der Waals surface area contributed by atoms with Gasteiger partial charge in [0.15, 0.2) is 17.5 Å². The Balaban J connectivity index is 1.81. The zero-order valence-corrected chi connectivity index (χ0v) is 13.6. The van der Waals surface area contributed by atoms with Crippen LogP contribution in [0.2, 0.25) is 0 Å². The first kappa shape index (κ1) is 17.6. The Labute approximate surface area is 138 Å². The van der Waals surface area contributed by atoms with Gasteiger partial charge in [-0.3, -0.25) is 4.68 Å². The van der Waals surface area contributed by atoms with E-state index < -0.39 is 11.6 Å². The molecule has 0 unspecified atom stereocenters. The number of nitrogens with one attached hydrogen (secondary N) is 2. The fourth-order valence-electron chi connectivity index (χ4n) is 1.88. The molecule has 24 heavy (non-hydrogen) atoms. The molecule has 0 spiro atoms. The molecule has 7 nitrogen and oxygen atoms in total. The van der Waals surface area contributed by atoms with Crippen LogP contribution < -0.4 is 15.4 Å². The highest BCUT2D eigenvalue weighted by atomic mass is 19.1. The van der Waals surface area contributed by atoms with Gasteiger partial charge in [0.1, 0.15) is 31.1 Å². The third-order valence-electron chi connectivity index (χ3n) is 3.07. The summed E-state index contributed by atoms with van der Waals surface area (Å²) < 4.78 is 33.2. The van der Waals surface area contributed by atoms with Crippen LogP contribution in [0.25, 0.3) is 0 Å². The van der Waals surface area contributed by atoms with E-state index in [1.54, 1.807) is 11.7 Å². The van der Waals surface area contributed by atoms with Crippen LogP contribution in [-0.4, -0.2) is 40.4 Å². The van der Waals surface area contributed by atoms with Gasteiger partial charge < -0.3 is 15.4 Å². The number of benzene rings is 1. The van der Waals surface area contributed by atoms with Crippen molar-refractivity contribution in [3.63, 3.8) is 0 Å². The van der Waals surface area contributed by atoms with E-state index in [0.717, 1.165) is 18.0 Å². The lowest BCUT2D eigenvalue weighted by atomic mass is 10.3. The Kier molecular flexibility index (Phi) is 6.47. The standard InChI is InChI=1S/C15H20F2N6O/c1-3-18-15(20-9-14-21-10-22-23(14)2)19-6-7-24-13-5-4-11(16)8-12(13)17/h4-5,8,10H,3,6-7,9H2,1-2H3,(H2,18,19,20). The quantitative estimate of drug-likeness (QED) is 0.451. The molecule has 1 heterocycles. The highest BCUT2D eigenvalue weighted by Gasteiger charge is 2.05. The summed E-state index contributed by atoms with van der Waals surface area (Å²) in [6.07, 6.45) is 1.47. The smallest absolute Gasteiger partial charge is 0.191 e. The van der Waals surface area contributed by atoms with E-state index in [4.69, 9.17) is 4.74 Å². The highest BCUT2D eigenvalue weighted by Crippen LogP contribution is 2.17. The first-order valence-corrected chi connectivity index (χ1v) is 7.53. The molecule has 0 amide bonds. The van der Waals surface area contributed by atoms with Crippen LogP contribution in [0, 0.1) is 11.6 Å². The average Bonchev–Trinajstić information content (AvgIpc) is 2.96. The normalized spacial score (nSPS) is 11.4. The van der Waals surface area contributed by atoms with Crippen molar-refractivity contribution >= 4 is 5.96 Å². The Morgan fingerprint density at radius 3 is 2.83 bits per heavy atom. The molecule has 0 aliphatic rings. The van der Waals surface area contributed by atoms with E-state index in [2.05, 4.69) is 25.7 Å². The van der Waals surface area contributed by atoms with Crippen molar-refractivity contribution in [2.24, 2.45) is 12.0 Å². The molecule has 1 aromatic carbocycles. The molecule has 0 radical (unpaired) electrons. The van der Waals surface area contributed by atoms with Crippen LogP contribution in [0.15, 0.2) is 29.5 Å². The summed E-state index contributed by atoms with van der Waals surface area (Å²) in [6, 6.07) is 3.20. The first-order chi connectivity index (χ1) is 11.6. The third-order valence-corrected chi connectivity index (χ3v) is 3.07. The van der Waals surface area contributed by atoms with Crippen LogP contribution in [-0.2, 0) is 13.6 Å². The summed E-state index contributed by atoms with van der Waals surface area (Å²) in [6.45, 7) is 3.62. The monoisotopic (exact) mass is 338 g/mol. The summed E-state index contributed by atoms with van der Waals surface area (Å²) in [5, 5.41) is 10.1. The summed E-state index contributed by atoms with van der Waals surface area (Å²) in [5.41, 5.74) is 0.